The second kappa shape index (κ2) is 8.90. The maximum absolute atomic E-state index is 13.6. The molecule has 2 aromatic rings. The maximum Gasteiger partial charge on any atom is 0.431 e. The minimum atomic E-state index is -6.02. The fourth-order valence-corrected chi connectivity index (χ4v) is 4.39. The number of hydrazone groups is 1. The Kier molecular flexibility index (Phi) is 6.43. The van der Waals surface area contributed by atoms with Crippen molar-refractivity contribution in [3.8, 4) is 0 Å². The van der Waals surface area contributed by atoms with Crippen LogP contribution < -0.4 is 10.3 Å². The highest BCUT2D eigenvalue weighted by Gasteiger charge is 2.74. The van der Waals surface area contributed by atoms with E-state index >= 15 is 0 Å². The maximum atomic E-state index is 13.6. The van der Waals surface area contributed by atoms with Crippen molar-refractivity contribution < 1.29 is 31.4 Å². The lowest BCUT2D eigenvalue weighted by Crippen LogP contribution is -2.62. The number of benzene rings is 2. The Morgan fingerprint density at radius 1 is 1.00 bits per heavy atom. The van der Waals surface area contributed by atoms with Crippen LogP contribution in [0.4, 0.5) is 32.0 Å². The normalized spacial score (nSPS) is 19.8. The topological polar surface area (TPSA) is 47.9 Å². The Balaban J connectivity index is 1.82. The van der Waals surface area contributed by atoms with Crippen molar-refractivity contribution in [3.05, 3.63) is 70.8 Å². The Morgan fingerprint density at radius 2 is 1.71 bits per heavy atom. The van der Waals surface area contributed by atoms with E-state index in [-0.39, 0.29) is 10.7 Å². The molecular formula is C23H20ClF6N3O. The molecule has 0 fully saturated rings. The molecule has 2 heterocycles. The van der Waals surface area contributed by atoms with Gasteiger partial charge in [-0.3, -0.25) is 5.01 Å². The van der Waals surface area contributed by atoms with Crippen molar-refractivity contribution in [1.29, 1.82) is 0 Å². The highest BCUT2D eigenvalue weighted by molar-refractivity contribution is 6.33. The predicted octanol–water partition coefficient (Wildman–Crippen LogP) is 5.88. The molecule has 0 spiro atoms. The summed E-state index contributed by atoms with van der Waals surface area (Å²) >= 11 is 6.22. The molecule has 2 aliphatic heterocycles. The van der Waals surface area contributed by atoms with Gasteiger partial charge >= 0.3 is 12.4 Å². The van der Waals surface area contributed by atoms with Crippen LogP contribution in [0.15, 0.2) is 59.7 Å². The summed E-state index contributed by atoms with van der Waals surface area (Å²) in [6.45, 7) is 1.41. The van der Waals surface area contributed by atoms with Gasteiger partial charge in [0.05, 0.1) is 22.5 Å². The van der Waals surface area contributed by atoms with E-state index in [0.717, 1.165) is 29.1 Å². The third-order valence-electron chi connectivity index (χ3n) is 5.95. The van der Waals surface area contributed by atoms with Gasteiger partial charge in [-0.05, 0) is 47.9 Å². The summed E-state index contributed by atoms with van der Waals surface area (Å²) in [4.78, 5) is 0. The molecule has 11 heteroatoms. The third kappa shape index (κ3) is 4.30. The first kappa shape index (κ1) is 24.6. The van der Waals surface area contributed by atoms with Gasteiger partial charge in [-0.15, -0.1) is 0 Å². The molecule has 0 saturated carbocycles. The van der Waals surface area contributed by atoms with Gasteiger partial charge in [-0.2, -0.15) is 31.4 Å². The molecule has 0 aromatic heterocycles. The van der Waals surface area contributed by atoms with Crippen LogP contribution in [0.25, 0.3) is 5.57 Å². The molecule has 0 aliphatic carbocycles. The minimum Gasteiger partial charge on any atom is -0.369 e. The Labute approximate surface area is 196 Å². The molecule has 2 N–H and O–H groups in total. The molecule has 0 bridgehead atoms. The van der Waals surface area contributed by atoms with E-state index < -0.39 is 36.1 Å². The number of para-hydroxylation sites is 1. The molecule has 4 rings (SSSR count). The van der Waals surface area contributed by atoms with Crippen molar-refractivity contribution in [1.82, 2.24) is 5.32 Å². The van der Waals surface area contributed by atoms with E-state index in [9.17, 15) is 31.4 Å². The van der Waals surface area contributed by atoms with Crippen molar-refractivity contribution in [2.24, 2.45) is 5.10 Å². The summed E-state index contributed by atoms with van der Waals surface area (Å²) in [6.07, 6.45) is -10.1. The van der Waals surface area contributed by atoms with E-state index in [1.807, 2.05) is 12.1 Å². The molecule has 1 atom stereocenters. The van der Waals surface area contributed by atoms with Gasteiger partial charge in [0.1, 0.15) is 0 Å². The van der Waals surface area contributed by atoms with Crippen LogP contribution >= 0.6 is 11.6 Å². The molecule has 0 amide bonds. The molecule has 1 unspecified atom stereocenters. The Bertz CT molecular complexity index is 1110. The van der Waals surface area contributed by atoms with Gasteiger partial charge < -0.3 is 10.4 Å². The van der Waals surface area contributed by atoms with Gasteiger partial charge in [0.25, 0.3) is 5.60 Å². The molecule has 4 nitrogen and oxygen atoms in total. The number of rotatable bonds is 4. The first-order valence-electron chi connectivity index (χ1n) is 10.4. The van der Waals surface area contributed by atoms with Crippen molar-refractivity contribution in [3.63, 3.8) is 0 Å². The average molecular weight is 504 g/mol. The largest absolute Gasteiger partial charge is 0.431 e. The lowest BCUT2D eigenvalue weighted by Gasteiger charge is -2.32. The molecule has 0 saturated heterocycles. The van der Waals surface area contributed by atoms with Crippen LogP contribution in [0.5, 0.6) is 0 Å². The second-order valence-corrected chi connectivity index (χ2v) is 8.48. The number of hydrogen-bond donors (Lipinski definition) is 2. The third-order valence-corrected chi connectivity index (χ3v) is 6.27. The average Bonchev–Trinajstić information content (AvgIpc) is 3.23. The van der Waals surface area contributed by atoms with Crippen LogP contribution in [0.3, 0.4) is 0 Å². The van der Waals surface area contributed by atoms with Gasteiger partial charge in [0.2, 0.25) is 0 Å². The summed E-state index contributed by atoms with van der Waals surface area (Å²) in [5, 5.41) is 18.0. The SMILES string of the molecule is OC(C1=NN(c2ccccc2Cl)C(c2cccc(C3=CCNCC3)c2)C1)(C(F)(F)F)C(F)(F)F. The van der Waals surface area contributed by atoms with Gasteiger partial charge in [0.15, 0.2) is 0 Å². The number of anilines is 1. The molecule has 0 radical (unpaired) electrons. The number of hydrogen-bond acceptors (Lipinski definition) is 4. The van der Waals surface area contributed by atoms with Gasteiger partial charge in [-0.1, -0.05) is 48.0 Å². The van der Waals surface area contributed by atoms with Gasteiger partial charge in [0, 0.05) is 13.0 Å². The quantitative estimate of drug-likeness (QED) is 0.512. The summed E-state index contributed by atoms with van der Waals surface area (Å²) in [6, 6.07) is 11.8. The monoisotopic (exact) mass is 503 g/mol. The first-order valence-corrected chi connectivity index (χ1v) is 10.8. The zero-order chi connectivity index (χ0) is 24.7. The smallest absolute Gasteiger partial charge is 0.369 e. The molecule has 2 aliphatic rings. The van der Waals surface area contributed by atoms with E-state index in [1.54, 1.807) is 30.3 Å². The number of halogens is 7. The summed E-state index contributed by atoms with van der Waals surface area (Å²) in [7, 11) is 0. The van der Waals surface area contributed by atoms with Crippen LogP contribution in [0.2, 0.25) is 5.02 Å². The van der Waals surface area contributed by atoms with Crippen LogP contribution in [-0.2, 0) is 0 Å². The molecule has 182 valence electrons. The zero-order valence-corrected chi connectivity index (χ0v) is 18.3. The standard InChI is InChI=1S/C23H20ClF6N3O/c24-17-6-1-2-7-18(17)33-19(13-20(32-33)21(34,22(25,26)27)23(28,29)30)16-5-3-4-15(12-16)14-8-10-31-11-9-14/h1-8,12,19,31,34H,9-11,13H2. The summed E-state index contributed by atoms with van der Waals surface area (Å²) in [5.74, 6) is 0. The van der Waals surface area contributed by atoms with E-state index in [4.69, 9.17) is 11.6 Å². The zero-order valence-electron chi connectivity index (χ0n) is 17.6. The van der Waals surface area contributed by atoms with Crippen LogP contribution in [-0.4, -0.2) is 41.9 Å². The van der Waals surface area contributed by atoms with Crippen molar-refractivity contribution in [2.45, 2.75) is 36.8 Å². The van der Waals surface area contributed by atoms with E-state index in [0.29, 0.717) is 12.1 Å². The Morgan fingerprint density at radius 3 is 2.32 bits per heavy atom. The highest BCUT2D eigenvalue weighted by atomic mass is 35.5. The van der Waals surface area contributed by atoms with Crippen LogP contribution in [0, 0.1) is 0 Å². The second-order valence-electron chi connectivity index (χ2n) is 8.08. The fraction of sp³-hybridized carbons (Fsp3) is 0.348. The minimum absolute atomic E-state index is 0.0947. The van der Waals surface area contributed by atoms with E-state index in [2.05, 4.69) is 10.4 Å². The fourth-order valence-electron chi connectivity index (χ4n) is 4.17. The highest BCUT2D eigenvalue weighted by Crippen LogP contribution is 2.49. The summed E-state index contributed by atoms with van der Waals surface area (Å²) < 4.78 is 81.5. The first-order chi connectivity index (χ1) is 15.9. The molecular weight excluding hydrogens is 484 g/mol. The van der Waals surface area contributed by atoms with Gasteiger partial charge in [-0.25, -0.2) is 0 Å². The number of aliphatic hydroxyl groups is 1. The van der Waals surface area contributed by atoms with E-state index in [1.165, 1.54) is 12.1 Å². The lowest BCUT2D eigenvalue weighted by atomic mass is 9.88. The predicted molar refractivity (Wildman–Crippen MR) is 118 cm³/mol. The molecule has 34 heavy (non-hydrogen) atoms. The molecule has 2 aromatic carbocycles. The van der Waals surface area contributed by atoms with Crippen molar-refractivity contribution in [2.75, 3.05) is 18.1 Å². The summed E-state index contributed by atoms with van der Waals surface area (Å²) in [5.41, 5.74) is -4.13. The number of nitrogens with zero attached hydrogens (tertiary/aromatic N) is 2. The Hall–Kier alpha value is -2.56. The van der Waals surface area contributed by atoms with Crippen LogP contribution in [0.1, 0.15) is 30.0 Å². The van der Waals surface area contributed by atoms with Crippen molar-refractivity contribution >= 4 is 28.6 Å². The number of nitrogens with one attached hydrogen (secondary N) is 1. The lowest BCUT2D eigenvalue weighted by molar-refractivity contribution is -0.338. The number of alkyl halides is 6.